The number of aromatic hydroxyl groups is 1. The summed E-state index contributed by atoms with van der Waals surface area (Å²) in [5, 5.41) is 18.6. The minimum atomic E-state index is -0.274. The fourth-order valence-corrected chi connectivity index (χ4v) is 1.64. The highest BCUT2D eigenvalue weighted by molar-refractivity contribution is 5.94. The van der Waals surface area contributed by atoms with Gasteiger partial charge in [-0.2, -0.15) is 0 Å². The largest absolute Gasteiger partial charge is 0.504 e. The molecule has 0 saturated carbocycles. The number of amides is 1. The summed E-state index contributed by atoms with van der Waals surface area (Å²) >= 11 is 0. The van der Waals surface area contributed by atoms with Crippen molar-refractivity contribution in [2.24, 2.45) is 0 Å². The second-order valence-electron chi connectivity index (χ2n) is 3.90. The van der Waals surface area contributed by atoms with Gasteiger partial charge in [0.25, 0.3) is 5.91 Å². The first-order valence-corrected chi connectivity index (χ1v) is 5.90. The number of benzene rings is 1. The molecule has 0 saturated heterocycles. The van der Waals surface area contributed by atoms with E-state index in [4.69, 9.17) is 14.6 Å². The first kappa shape index (κ1) is 15.3. The molecule has 0 radical (unpaired) electrons. The predicted molar refractivity (Wildman–Crippen MR) is 69.5 cm³/mol. The van der Waals surface area contributed by atoms with Crippen LogP contribution in [0.3, 0.4) is 0 Å². The molecule has 1 rings (SSSR count). The van der Waals surface area contributed by atoms with E-state index < -0.39 is 0 Å². The molecule has 0 aliphatic rings. The quantitative estimate of drug-likeness (QED) is 0.752. The van der Waals surface area contributed by atoms with Gasteiger partial charge in [0, 0.05) is 25.8 Å². The summed E-state index contributed by atoms with van der Waals surface area (Å²) < 4.78 is 9.84. The van der Waals surface area contributed by atoms with Gasteiger partial charge in [0.15, 0.2) is 11.5 Å². The summed E-state index contributed by atoms with van der Waals surface area (Å²) in [6.07, 6.45) is 0. The summed E-state index contributed by atoms with van der Waals surface area (Å²) in [4.78, 5) is 13.7. The Balaban J connectivity index is 2.86. The lowest BCUT2D eigenvalue weighted by molar-refractivity contribution is 0.0656. The molecule has 0 aliphatic heterocycles. The molecule has 1 aromatic carbocycles. The van der Waals surface area contributed by atoms with Gasteiger partial charge in [0.05, 0.1) is 20.3 Å². The van der Waals surface area contributed by atoms with Crippen molar-refractivity contribution < 1.29 is 24.5 Å². The number of methoxy groups -OCH3 is 2. The third-order valence-electron chi connectivity index (χ3n) is 2.65. The molecule has 0 bridgehead atoms. The van der Waals surface area contributed by atoms with Crippen LogP contribution in [0.2, 0.25) is 0 Å². The fourth-order valence-electron chi connectivity index (χ4n) is 1.64. The highest BCUT2D eigenvalue weighted by Crippen LogP contribution is 2.26. The molecule has 6 nitrogen and oxygen atoms in total. The molecule has 0 unspecified atom stereocenters. The fraction of sp³-hybridized carbons (Fsp3) is 0.462. The van der Waals surface area contributed by atoms with Crippen LogP contribution in [0.4, 0.5) is 0 Å². The van der Waals surface area contributed by atoms with Crippen LogP contribution < -0.4 is 4.74 Å². The summed E-state index contributed by atoms with van der Waals surface area (Å²) in [6, 6.07) is 4.44. The maximum absolute atomic E-state index is 12.2. The smallest absolute Gasteiger partial charge is 0.254 e. The molecule has 1 aromatic rings. The third-order valence-corrected chi connectivity index (χ3v) is 2.65. The minimum Gasteiger partial charge on any atom is -0.504 e. The van der Waals surface area contributed by atoms with E-state index in [9.17, 15) is 9.90 Å². The lowest BCUT2D eigenvalue weighted by Gasteiger charge is -2.21. The Kier molecular flexibility index (Phi) is 6.11. The third kappa shape index (κ3) is 4.11. The molecule has 2 N–H and O–H groups in total. The van der Waals surface area contributed by atoms with Gasteiger partial charge >= 0.3 is 0 Å². The lowest BCUT2D eigenvalue weighted by Crippen LogP contribution is -2.36. The number of nitrogens with zero attached hydrogens (tertiary/aromatic N) is 1. The standard InChI is InChI=1S/C13H19NO5/c1-18-8-6-14(5-7-15)13(17)10-3-4-12(19-2)11(16)9-10/h3-4,9,15-16H,5-8H2,1-2H3. The zero-order valence-corrected chi connectivity index (χ0v) is 11.1. The van der Waals surface area contributed by atoms with E-state index in [1.165, 1.54) is 24.1 Å². The van der Waals surface area contributed by atoms with Gasteiger partial charge in [-0.15, -0.1) is 0 Å². The van der Waals surface area contributed by atoms with Crippen molar-refractivity contribution in [1.29, 1.82) is 0 Å². The van der Waals surface area contributed by atoms with E-state index in [0.717, 1.165) is 0 Å². The van der Waals surface area contributed by atoms with Crippen LogP contribution in [0, 0.1) is 0 Å². The van der Waals surface area contributed by atoms with Crippen LogP contribution in [0.5, 0.6) is 11.5 Å². The van der Waals surface area contributed by atoms with E-state index in [1.54, 1.807) is 13.2 Å². The van der Waals surface area contributed by atoms with Crippen molar-refractivity contribution in [2.45, 2.75) is 0 Å². The molecule has 19 heavy (non-hydrogen) atoms. The van der Waals surface area contributed by atoms with Crippen molar-refractivity contribution in [2.75, 3.05) is 40.5 Å². The zero-order valence-electron chi connectivity index (χ0n) is 11.1. The first-order valence-electron chi connectivity index (χ1n) is 5.90. The lowest BCUT2D eigenvalue weighted by atomic mass is 10.1. The summed E-state index contributed by atoms with van der Waals surface area (Å²) in [5.41, 5.74) is 0.336. The molecular weight excluding hydrogens is 250 g/mol. The van der Waals surface area contributed by atoms with Crippen molar-refractivity contribution in [3.8, 4) is 11.5 Å². The van der Waals surface area contributed by atoms with Gasteiger partial charge in [0.1, 0.15) is 0 Å². The second kappa shape index (κ2) is 7.60. The molecule has 0 aliphatic carbocycles. The average Bonchev–Trinajstić information content (AvgIpc) is 2.42. The number of carbonyl (C=O) groups is 1. The van der Waals surface area contributed by atoms with Crippen molar-refractivity contribution in [3.05, 3.63) is 23.8 Å². The average molecular weight is 269 g/mol. The minimum absolute atomic E-state index is 0.0935. The number of phenols is 1. The van der Waals surface area contributed by atoms with Gasteiger partial charge in [-0.1, -0.05) is 0 Å². The Hall–Kier alpha value is -1.79. The van der Waals surface area contributed by atoms with Gasteiger partial charge < -0.3 is 24.6 Å². The molecule has 6 heteroatoms. The Morgan fingerprint density at radius 3 is 2.58 bits per heavy atom. The molecule has 0 heterocycles. The number of phenolic OH excluding ortho intramolecular Hbond substituents is 1. The number of carbonyl (C=O) groups excluding carboxylic acids is 1. The van der Waals surface area contributed by atoms with Crippen LogP contribution in [0.25, 0.3) is 0 Å². The molecule has 0 atom stereocenters. The molecule has 1 amide bonds. The number of aliphatic hydroxyl groups is 1. The Morgan fingerprint density at radius 2 is 2.05 bits per heavy atom. The van der Waals surface area contributed by atoms with Crippen molar-refractivity contribution >= 4 is 5.91 Å². The van der Waals surface area contributed by atoms with Crippen molar-refractivity contribution in [1.82, 2.24) is 4.90 Å². The highest BCUT2D eigenvalue weighted by atomic mass is 16.5. The van der Waals surface area contributed by atoms with Crippen LogP contribution in [-0.2, 0) is 4.74 Å². The van der Waals surface area contributed by atoms with E-state index in [2.05, 4.69) is 0 Å². The second-order valence-corrected chi connectivity index (χ2v) is 3.90. The van der Waals surface area contributed by atoms with Gasteiger partial charge in [0.2, 0.25) is 0 Å². The number of rotatable bonds is 7. The monoisotopic (exact) mass is 269 g/mol. The number of ether oxygens (including phenoxy) is 2. The highest BCUT2D eigenvalue weighted by Gasteiger charge is 2.16. The van der Waals surface area contributed by atoms with Crippen LogP contribution in [0.1, 0.15) is 10.4 Å². The van der Waals surface area contributed by atoms with E-state index in [-0.39, 0.29) is 24.8 Å². The van der Waals surface area contributed by atoms with Crippen LogP contribution in [-0.4, -0.2) is 61.5 Å². The normalized spacial score (nSPS) is 10.3. The van der Waals surface area contributed by atoms with Gasteiger partial charge in [-0.05, 0) is 18.2 Å². The zero-order chi connectivity index (χ0) is 14.3. The van der Waals surface area contributed by atoms with E-state index in [0.29, 0.717) is 24.5 Å². The molecule has 0 aromatic heterocycles. The van der Waals surface area contributed by atoms with Gasteiger partial charge in [-0.3, -0.25) is 4.79 Å². The van der Waals surface area contributed by atoms with Gasteiger partial charge in [-0.25, -0.2) is 0 Å². The SMILES string of the molecule is COCCN(CCO)C(=O)c1ccc(OC)c(O)c1. The number of hydrogen-bond acceptors (Lipinski definition) is 5. The Bertz CT molecular complexity index is 421. The topological polar surface area (TPSA) is 79.2 Å². The maximum Gasteiger partial charge on any atom is 0.254 e. The van der Waals surface area contributed by atoms with Crippen LogP contribution >= 0.6 is 0 Å². The Morgan fingerprint density at radius 1 is 1.32 bits per heavy atom. The molecule has 0 spiro atoms. The molecular formula is C13H19NO5. The predicted octanol–water partition coefficient (Wildman–Crippen LogP) is 0.482. The van der Waals surface area contributed by atoms with E-state index >= 15 is 0 Å². The summed E-state index contributed by atoms with van der Waals surface area (Å²) in [6.45, 7) is 0.850. The Labute approximate surface area is 112 Å². The van der Waals surface area contributed by atoms with E-state index in [1.807, 2.05) is 0 Å². The van der Waals surface area contributed by atoms with Crippen LogP contribution in [0.15, 0.2) is 18.2 Å². The maximum atomic E-state index is 12.2. The molecule has 106 valence electrons. The summed E-state index contributed by atoms with van der Waals surface area (Å²) in [7, 11) is 2.98. The summed E-state index contributed by atoms with van der Waals surface area (Å²) in [5.74, 6) is -0.0600. The molecule has 0 fully saturated rings. The first-order chi connectivity index (χ1) is 9.13. The number of hydrogen-bond donors (Lipinski definition) is 2. The van der Waals surface area contributed by atoms with Crippen molar-refractivity contribution in [3.63, 3.8) is 0 Å². The number of aliphatic hydroxyl groups excluding tert-OH is 1.